The van der Waals surface area contributed by atoms with Gasteiger partial charge in [0.2, 0.25) is 11.8 Å². The molecular formula is C25H34N2O3S. The van der Waals surface area contributed by atoms with E-state index in [0.717, 1.165) is 17.1 Å². The van der Waals surface area contributed by atoms with Crippen molar-refractivity contribution in [1.29, 1.82) is 0 Å². The Bertz CT molecular complexity index is 861. The molecule has 0 heterocycles. The van der Waals surface area contributed by atoms with Crippen LogP contribution in [0.5, 0.6) is 5.75 Å². The topological polar surface area (TPSA) is 58.6 Å². The van der Waals surface area contributed by atoms with E-state index in [1.54, 1.807) is 30.7 Å². The van der Waals surface area contributed by atoms with E-state index in [4.69, 9.17) is 4.74 Å². The highest BCUT2D eigenvalue weighted by Crippen LogP contribution is 2.19. The molecule has 2 aromatic carbocycles. The van der Waals surface area contributed by atoms with E-state index in [1.807, 2.05) is 38.1 Å². The molecule has 0 bridgehead atoms. The van der Waals surface area contributed by atoms with Crippen LogP contribution in [0.3, 0.4) is 0 Å². The van der Waals surface area contributed by atoms with E-state index in [9.17, 15) is 9.59 Å². The molecule has 168 valence electrons. The summed E-state index contributed by atoms with van der Waals surface area (Å²) in [5, 5.41) is 2.92. The summed E-state index contributed by atoms with van der Waals surface area (Å²) in [7, 11) is 1.62. The van der Waals surface area contributed by atoms with Crippen molar-refractivity contribution < 1.29 is 14.3 Å². The van der Waals surface area contributed by atoms with Crippen molar-refractivity contribution in [2.75, 3.05) is 12.9 Å². The predicted octanol–water partition coefficient (Wildman–Crippen LogP) is 4.49. The Labute approximate surface area is 190 Å². The first kappa shape index (κ1) is 24.8. The van der Waals surface area contributed by atoms with Crippen molar-refractivity contribution in [2.24, 2.45) is 0 Å². The Hall–Kier alpha value is -2.47. The molecule has 0 saturated carbocycles. The van der Waals surface area contributed by atoms with Crippen molar-refractivity contribution in [2.45, 2.75) is 59.0 Å². The van der Waals surface area contributed by atoms with Gasteiger partial charge < -0.3 is 15.0 Å². The van der Waals surface area contributed by atoms with Gasteiger partial charge in [-0.25, -0.2) is 0 Å². The van der Waals surface area contributed by atoms with Gasteiger partial charge in [-0.3, -0.25) is 9.59 Å². The van der Waals surface area contributed by atoms with Crippen molar-refractivity contribution in [3.63, 3.8) is 0 Å². The molecule has 6 heteroatoms. The van der Waals surface area contributed by atoms with Crippen LogP contribution in [0, 0.1) is 13.8 Å². The number of amides is 2. The van der Waals surface area contributed by atoms with Crippen molar-refractivity contribution in [1.82, 2.24) is 10.2 Å². The van der Waals surface area contributed by atoms with Crippen LogP contribution >= 0.6 is 11.8 Å². The molecule has 0 aliphatic heterocycles. The monoisotopic (exact) mass is 442 g/mol. The number of methoxy groups -OCH3 is 1. The third kappa shape index (κ3) is 7.94. The zero-order chi connectivity index (χ0) is 23.0. The summed E-state index contributed by atoms with van der Waals surface area (Å²) < 4.78 is 5.21. The van der Waals surface area contributed by atoms with E-state index in [1.165, 1.54) is 16.7 Å². The average molecular weight is 443 g/mol. The molecule has 0 aliphatic rings. The molecule has 0 fully saturated rings. The van der Waals surface area contributed by atoms with E-state index in [-0.39, 0.29) is 17.9 Å². The number of aryl methyl sites for hydroxylation is 2. The zero-order valence-electron chi connectivity index (χ0n) is 19.4. The SMILES string of the molecule is COc1ccc(CN(C(=O)CSCc2cc(C)cc(C)c2)[C@@H](C)C(=O)NC(C)C)cc1. The van der Waals surface area contributed by atoms with E-state index < -0.39 is 6.04 Å². The van der Waals surface area contributed by atoms with Gasteiger partial charge in [0.25, 0.3) is 0 Å². The number of nitrogens with one attached hydrogen (secondary N) is 1. The third-order valence-corrected chi connectivity index (χ3v) is 5.87. The minimum absolute atomic E-state index is 0.0202. The lowest BCUT2D eigenvalue weighted by atomic mass is 10.1. The zero-order valence-corrected chi connectivity index (χ0v) is 20.2. The highest BCUT2D eigenvalue weighted by molar-refractivity contribution is 7.99. The Balaban J connectivity index is 2.09. The minimum Gasteiger partial charge on any atom is -0.497 e. The van der Waals surface area contributed by atoms with Crippen LogP contribution in [0.2, 0.25) is 0 Å². The largest absolute Gasteiger partial charge is 0.497 e. The second-order valence-electron chi connectivity index (χ2n) is 8.20. The molecule has 2 amide bonds. The molecule has 1 atom stereocenters. The lowest BCUT2D eigenvalue weighted by molar-refractivity contribution is -0.138. The molecule has 0 unspecified atom stereocenters. The maximum Gasteiger partial charge on any atom is 0.242 e. The van der Waals surface area contributed by atoms with Gasteiger partial charge in [0.1, 0.15) is 11.8 Å². The molecule has 0 radical (unpaired) electrons. The van der Waals surface area contributed by atoms with Crippen LogP contribution in [0.1, 0.15) is 43.0 Å². The number of hydrogen-bond acceptors (Lipinski definition) is 4. The van der Waals surface area contributed by atoms with E-state index in [2.05, 4.69) is 37.4 Å². The second-order valence-corrected chi connectivity index (χ2v) is 9.18. The van der Waals surface area contributed by atoms with E-state index >= 15 is 0 Å². The molecule has 31 heavy (non-hydrogen) atoms. The molecule has 2 rings (SSSR count). The summed E-state index contributed by atoms with van der Waals surface area (Å²) in [4.78, 5) is 27.4. The van der Waals surface area contributed by atoms with Gasteiger partial charge in [0, 0.05) is 18.3 Å². The predicted molar refractivity (Wildman–Crippen MR) is 128 cm³/mol. The van der Waals surface area contributed by atoms with Gasteiger partial charge in [-0.1, -0.05) is 41.5 Å². The van der Waals surface area contributed by atoms with Gasteiger partial charge in [-0.2, -0.15) is 0 Å². The Morgan fingerprint density at radius 2 is 1.61 bits per heavy atom. The highest BCUT2D eigenvalue weighted by atomic mass is 32.2. The third-order valence-electron chi connectivity index (χ3n) is 4.89. The Kier molecular flexibility index (Phi) is 9.44. The second kappa shape index (κ2) is 11.8. The van der Waals surface area contributed by atoms with Gasteiger partial charge in [0.15, 0.2) is 0 Å². The summed E-state index contributed by atoms with van der Waals surface area (Å²) in [5.74, 6) is 1.66. The fourth-order valence-electron chi connectivity index (χ4n) is 3.41. The van der Waals surface area contributed by atoms with Crippen molar-refractivity contribution in [3.05, 3.63) is 64.7 Å². The normalized spacial score (nSPS) is 11.8. The summed E-state index contributed by atoms with van der Waals surface area (Å²) >= 11 is 1.58. The molecule has 0 spiro atoms. The average Bonchev–Trinajstić information content (AvgIpc) is 2.70. The Morgan fingerprint density at radius 1 is 1.00 bits per heavy atom. The quantitative estimate of drug-likeness (QED) is 0.589. The molecule has 0 aliphatic carbocycles. The fourth-order valence-corrected chi connectivity index (χ4v) is 4.25. The summed E-state index contributed by atoms with van der Waals surface area (Å²) in [6, 6.07) is 13.5. The molecule has 5 nitrogen and oxygen atoms in total. The first-order valence-electron chi connectivity index (χ1n) is 10.6. The number of ether oxygens (including phenoxy) is 1. The molecule has 0 saturated heterocycles. The van der Waals surface area contributed by atoms with Crippen LogP contribution in [0.15, 0.2) is 42.5 Å². The van der Waals surface area contributed by atoms with Gasteiger partial charge in [-0.05, 0) is 57.9 Å². The molecule has 1 N–H and O–H groups in total. The standard InChI is InChI=1S/C25H34N2O3S/c1-17(2)26-25(29)20(5)27(14-21-7-9-23(30-6)10-8-21)24(28)16-31-15-22-12-18(3)11-19(4)13-22/h7-13,17,20H,14-16H2,1-6H3,(H,26,29)/t20-/m0/s1. The number of carbonyl (C=O) groups is 2. The number of rotatable bonds is 10. The summed E-state index contributed by atoms with van der Waals surface area (Å²) in [6.45, 7) is 10.2. The minimum atomic E-state index is -0.557. The van der Waals surface area contributed by atoms with E-state index in [0.29, 0.717) is 12.3 Å². The number of hydrogen-bond donors (Lipinski definition) is 1. The summed E-state index contributed by atoms with van der Waals surface area (Å²) in [6.07, 6.45) is 0. The van der Waals surface area contributed by atoms with Crippen LogP contribution in [-0.2, 0) is 21.9 Å². The Morgan fingerprint density at radius 3 is 2.16 bits per heavy atom. The smallest absolute Gasteiger partial charge is 0.242 e. The van der Waals surface area contributed by atoms with Gasteiger partial charge >= 0.3 is 0 Å². The number of benzene rings is 2. The summed E-state index contributed by atoms with van der Waals surface area (Å²) in [5.41, 5.74) is 4.62. The van der Waals surface area contributed by atoms with Crippen molar-refractivity contribution in [3.8, 4) is 5.75 Å². The number of carbonyl (C=O) groups excluding carboxylic acids is 2. The number of thioether (sulfide) groups is 1. The van der Waals surface area contributed by atoms with Crippen LogP contribution in [0.4, 0.5) is 0 Å². The maximum atomic E-state index is 13.1. The lowest BCUT2D eigenvalue weighted by Gasteiger charge is -2.29. The molecule has 2 aromatic rings. The molecular weight excluding hydrogens is 408 g/mol. The first-order chi connectivity index (χ1) is 14.7. The van der Waals surface area contributed by atoms with Crippen LogP contribution in [-0.4, -0.2) is 41.7 Å². The fraction of sp³-hybridized carbons (Fsp3) is 0.440. The van der Waals surface area contributed by atoms with Gasteiger partial charge in [-0.15, -0.1) is 11.8 Å². The lowest BCUT2D eigenvalue weighted by Crippen LogP contribution is -2.49. The van der Waals surface area contributed by atoms with Gasteiger partial charge in [0.05, 0.1) is 12.9 Å². The first-order valence-corrected chi connectivity index (χ1v) is 11.7. The van der Waals surface area contributed by atoms with Crippen molar-refractivity contribution >= 4 is 23.6 Å². The number of nitrogens with zero attached hydrogens (tertiary/aromatic N) is 1. The molecule has 0 aromatic heterocycles. The maximum absolute atomic E-state index is 13.1. The van der Waals surface area contributed by atoms with Crippen LogP contribution in [0.25, 0.3) is 0 Å². The highest BCUT2D eigenvalue weighted by Gasteiger charge is 2.26. The van der Waals surface area contributed by atoms with Crippen LogP contribution < -0.4 is 10.1 Å².